The van der Waals surface area contributed by atoms with E-state index in [-0.39, 0.29) is 6.61 Å². The van der Waals surface area contributed by atoms with Crippen LogP contribution in [0.2, 0.25) is 5.02 Å². The van der Waals surface area contributed by atoms with Crippen LogP contribution in [0.3, 0.4) is 0 Å². The van der Waals surface area contributed by atoms with Crippen LogP contribution in [0.4, 0.5) is 5.82 Å². The van der Waals surface area contributed by atoms with Crippen molar-refractivity contribution in [2.24, 2.45) is 0 Å². The Morgan fingerprint density at radius 2 is 1.95 bits per heavy atom. The van der Waals surface area contributed by atoms with Crippen molar-refractivity contribution in [3.8, 4) is 5.75 Å². The van der Waals surface area contributed by atoms with E-state index in [9.17, 15) is 0 Å². The van der Waals surface area contributed by atoms with E-state index in [1.807, 2.05) is 37.3 Å². The van der Waals surface area contributed by atoms with Gasteiger partial charge in [0.1, 0.15) is 18.2 Å². The Balaban J connectivity index is 2.03. The standard InChI is InChI=1S/C15H17ClN2O2/c1-2-17-15-8-7-13(16)14(18-15)10-20-12-5-3-11(9-19)4-6-12/h3-8,19H,2,9-10H2,1H3,(H,17,18). The highest BCUT2D eigenvalue weighted by molar-refractivity contribution is 6.31. The molecule has 5 heteroatoms. The van der Waals surface area contributed by atoms with Crippen LogP contribution in [0.15, 0.2) is 36.4 Å². The van der Waals surface area contributed by atoms with E-state index in [2.05, 4.69) is 10.3 Å². The summed E-state index contributed by atoms with van der Waals surface area (Å²) in [4.78, 5) is 4.40. The van der Waals surface area contributed by atoms with Crippen molar-refractivity contribution >= 4 is 17.4 Å². The third-order valence-corrected chi connectivity index (χ3v) is 3.10. The molecule has 1 aromatic heterocycles. The van der Waals surface area contributed by atoms with Gasteiger partial charge in [0, 0.05) is 6.54 Å². The van der Waals surface area contributed by atoms with Crippen molar-refractivity contribution in [1.82, 2.24) is 4.98 Å². The smallest absolute Gasteiger partial charge is 0.132 e. The number of aromatic nitrogens is 1. The molecule has 4 nitrogen and oxygen atoms in total. The fourth-order valence-electron chi connectivity index (χ4n) is 1.71. The molecule has 0 fully saturated rings. The molecular weight excluding hydrogens is 276 g/mol. The molecule has 20 heavy (non-hydrogen) atoms. The van der Waals surface area contributed by atoms with Crippen LogP contribution in [0.5, 0.6) is 5.75 Å². The topological polar surface area (TPSA) is 54.4 Å². The summed E-state index contributed by atoms with van der Waals surface area (Å²) < 4.78 is 5.65. The maximum Gasteiger partial charge on any atom is 0.132 e. The van der Waals surface area contributed by atoms with Gasteiger partial charge in [-0.15, -0.1) is 0 Å². The Morgan fingerprint density at radius 3 is 2.60 bits per heavy atom. The molecule has 2 N–H and O–H groups in total. The monoisotopic (exact) mass is 292 g/mol. The third-order valence-electron chi connectivity index (χ3n) is 2.76. The summed E-state index contributed by atoms with van der Waals surface area (Å²) in [6, 6.07) is 10.9. The molecular formula is C15H17ClN2O2. The van der Waals surface area contributed by atoms with E-state index < -0.39 is 0 Å². The number of pyridine rings is 1. The number of hydrogen-bond acceptors (Lipinski definition) is 4. The molecule has 0 saturated carbocycles. The van der Waals surface area contributed by atoms with Crippen LogP contribution in [0, 0.1) is 0 Å². The van der Waals surface area contributed by atoms with E-state index in [0.29, 0.717) is 23.1 Å². The van der Waals surface area contributed by atoms with Gasteiger partial charge in [-0.2, -0.15) is 0 Å². The van der Waals surface area contributed by atoms with Crippen molar-refractivity contribution in [1.29, 1.82) is 0 Å². The lowest BCUT2D eigenvalue weighted by Gasteiger charge is -2.09. The summed E-state index contributed by atoms with van der Waals surface area (Å²) in [5.41, 5.74) is 1.54. The number of aliphatic hydroxyl groups excluding tert-OH is 1. The predicted molar refractivity (Wildman–Crippen MR) is 80.1 cm³/mol. The normalized spacial score (nSPS) is 10.3. The molecule has 0 bridgehead atoms. The van der Waals surface area contributed by atoms with Crippen molar-refractivity contribution in [2.45, 2.75) is 20.1 Å². The summed E-state index contributed by atoms with van der Waals surface area (Å²) in [6.45, 7) is 3.14. The Labute approximate surface area is 123 Å². The van der Waals surface area contributed by atoms with E-state index in [1.165, 1.54) is 0 Å². The Morgan fingerprint density at radius 1 is 1.20 bits per heavy atom. The predicted octanol–water partition coefficient (Wildman–Crippen LogP) is 3.24. The van der Waals surface area contributed by atoms with Gasteiger partial charge in [-0.25, -0.2) is 4.98 Å². The van der Waals surface area contributed by atoms with Crippen LogP contribution in [-0.4, -0.2) is 16.6 Å². The number of halogens is 1. The molecule has 0 aliphatic heterocycles. The van der Waals surface area contributed by atoms with Gasteiger partial charge in [-0.05, 0) is 36.8 Å². The van der Waals surface area contributed by atoms with Crippen molar-refractivity contribution in [2.75, 3.05) is 11.9 Å². The van der Waals surface area contributed by atoms with Gasteiger partial charge in [0.05, 0.1) is 17.3 Å². The highest BCUT2D eigenvalue weighted by Gasteiger charge is 2.05. The highest BCUT2D eigenvalue weighted by atomic mass is 35.5. The number of nitrogens with one attached hydrogen (secondary N) is 1. The number of benzene rings is 1. The average Bonchev–Trinajstić information content (AvgIpc) is 2.48. The minimum absolute atomic E-state index is 0.0262. The van der Waals surface area contributed by atoms with Crippen molar-refractivity contribution < 1.29 is 9.84 Å². The lowest BCUT2D eigenvalue weighted by molar-refractivity contribution is 0.280. The van der Waals surface area contributed by atoms with Crippen LogP contribution in [-0.2, 0) is 13.2 Å². The van der Waals surface area contributed by atoms with Crippen molar-refractivity contribution in [3.05, 3.63) is 52.7 Å². The van der Waals surface area contributed by atoms with Crippen molar-refractivity contribution in [3.63, 3.8) is 0 Å². The first-order valence-corrected chi connectivity index (χ1v) is 6.82. The van der Waals surface area contributed by atoms with Crippen LogP contribution in [0.25, 0.3) is 0 Å². The summed E-state index contributed by atoms with van der Waals surface area (Å²) in [5, 5.41) is 12.7. The van der Waals surface area contributed by atoms with E-state index in [4.69, 9.17) is 21.4 Å². The SMILES string of the molecule is CCNc1ccc(Cl)c(COc2ccc(CO)cc2)n1. The maximum absolute atomic E-state index is 8.98. The summed E-state index contributed by atoms with van der Waals surface area (Å²) in [6.07, 6.45) is 0. The number of aliphatic hydroxyl groups is 1. The van der Waals surface area contributed by atoms with Gasteiger partial charge in [0.15, 0.2) is 0 Å². The molecule has 0 unspecified atom stereocenters. The molecule has 2 rings (SSSR count). The van der Waals surface area contributed by atoms with Crippen LogP contribution in [0.1, 0.15) is 18.2 Å². The fourth-order valence-corrected chi connectivity index (χ4v) is 1.87. The third kappa shape index (κ3) is 3.85. The molecule has 106 valence electrons. The zero-order chi connectivity index (χ0) is 14.4. The molecule has 1 heterocycles. The highest BCUT2D eigenvalue weighted by Crippen LogP contribution is 2.19. The van der Waals surface area contributed by atoms with Gasteiger partial charge in [0.2, 0.25) is 0 Å². The zero-order valence-corrected chi connectivity index (χ0v) is 12.0. The summed E-state index contributed by atoms with van der Waals surface area (Å²) in [5.74, 6) is 1.50. The second kappa shape index (κ2) is 7.12. The molecule has 2 aromatic rings. The van der Waals surface area contributed by atoms with Gasteiger partial charge in [-0.1, -0.05) is 23.7 Å². The molecule has 0 spiro atoms. The Kier molecular flexibility index (Phi) is 5.21. The lowest BCUT2D eigenvalue weighted by Crippen LogP contribution is -2.04. The van der Waals surface area contributed by atoms with E-state index >= 15 is 0 Å². The molecule has 0 saturated heterocycles. The summed E-state index contributed by atoms with van der Waals surface area (Å²) in [7, 11) is 0. The first-order valence-electron chi connectivity index (χ1n) is 6.45. The first kappa shape index (κ1) is 14.6. The second-order valence-electron chi connectivity index (χ2n) is 4.25. The van der Waals surface area contributed by atoms with Gasteiger partial charge >= 0.3 is 0 Å². The molecule has 0 aliphatic rings. The molecule has 1 aromatic carbocycles. The quantitative estimate of drug-likeness (QED) is 0.858. The zero-order valence-electron chi connectivity index (χ0n) is 11.3. The number of nitrogens with zero attached hydrogens (tertiary/aromatic N) is 1. The van der Waals surface area contributed by atoms with E-state index in [1.54, 1.807) is 6.07 Å². The fraction of sp³-hybridized carbons (Fsp3) is 0.267. The maximum atomic E-state index is 8.98. The van der Waals surface area contributed by atoms with E-state index in [0.717, 1.165) is 17.9 Å². The average molecular weight is 293 g/mol. The molecule has 0 aliphatic carbocycles. The minimum atomic E-state index is 0.0262. The number of anilines is 1. The number of hydrogen-bond donors (Lipinski definition) is 2. The van der Waals surface area contributed by atoms with Crippen LogP contribution >= 0.6 is 11.6 Å². The minimum Gasteiger partial charge on any atom is -0.487 e. The molecule has 0 atom stereocenters. The van der Waals surface area contributed by atoms with Gasteiger partial charge in [-0.3, -0.25) is 0 Å². The summed E-state index contributed by atoms with van der Waals surface area (Å²) >= 11 is 6.11. The number of ether oxygens (including phenoxy) is 1. The lowest BCUT2D eigenvalue weighted by atomic mass is 10.2. The Bertz CT molecular complexity index is 558. The van der Waals surface area contributed by atoms with Crippen LogP contribution < -0.4 is 10.1 Å². The second-order valence-corrected chi connectivity index (χ2v) is 4.65. The first-order chi connectivity index (χ1) is 9.72. The molecule has 0 amide bonds. The van der Waals surface area contributed by atoms with Gasteiger partial charge in [0.25, 0.3) is 0 Å². The number of rotatable bonds is 6. The van der Waals surface area contributed by atoms with Gasteiger partial charge < -0.3 is 15.2 Å². The molecule has 0 radical (unpaired) electrons. The largest absolute Gasteiger partial charge is 0.487 e. The Hall–Kier alpha value is -1.78.